The van der Waals surface area contributed by atoms with E-state index < -0.39 is 0 Å². The molecule has 0 radical (unpaired) electrons. The number of carbonyl (C=O) groups is 1. The van der Waals surface area contributed by atoms with Gasteiger partial charge in [0.1, 0.15) is 0 Å². The Morgan fingerprint density at radius 1 is 1.29 bits per heavy atom. The maximum Gasteiger partial charge on any atom is 0.186 e. The Morgan fingerprint density at radius 3 is 2.59 bits per heavy atom. The summed E-state index contributed by atoms with van der Waals surface area (Å²) in [6.07, 6.45) is 2.93. The van der Waals surface area contributed by atoms with E-state index in [-0.39, 0.29) is 11.2 Å². The predicted molar refractivity (Wildman–Crippen MR) is 71.3 cm³/mol. The molecule has 0 fully saturated rings. The van der Waals surface area contributed by atoms with Crippen molar-refractivity contribution in [3.05, 3.63) is 47.0 Å². The molecule has 0 amide bonds. The molecule has 1 aromatic carbocycles. The smallest absolute Gasteiger partial charge is 0.186 e. The lowest BCUT2D eigenvalue weighted by Crippen LogP contribution is -2.36. The van der Waals surface area contributed by atoms with E-state index in [0.717, 1.165) is 12.0 Å². The molecule has 0 spiro atoms. The number of ketones is 1. The van der Waals surface area contributed by atoms with Crippen LogP contribution in [0.1, 0.15) is 50.0 Å². The van der Waals surface area contributed by atoms with E-state index in [1.807, 2.05) is 24.3 Å². The van der Waals surface area contributed by atoms with Crippen LogP contribution in [0.3, 0.4) is 0 Å². The molecule has 17 heavy (non-hydrogen) atoms. The number of rotatable bonds is 2. The van der Waals surface area contributed by atoms with Gasteiger partial charge in [-0.15, -0.1) is 0 Å². The summed E-state index contributed by atoms with van der Waals surface area (Å²) in [7, 11) is 0. The highest BCUT2D eigenvalue weighted by Crippen LogP contribution is 2.44. The molecule has 1 nitrogen and oxygen atoms in total. The van der Waals surface area contributed by atoms with Crippen molar-refractivity contribution in [3.63, 3.8) is 0 Å². The average Bonchev–Trinajstić information content (AvgIpc) is 2.35. The number of hydrogen-bond donors (Lipinski definition) is 0. The molecule has 1 aromatic rings. The lowest BCUT2D eigenvalue weighted by molar-refractivity contribution is 0.103. The summed E-state index contributed by atoms with van der Waals surface area (Å²) in [4.78, 5) is 12.0. The molecule has 0 aliphatic heterocycles. The van der Waals surface area contributed by atoms with Crippen LogP contribution in [0, 0.1) is 5.92 Å². The minimum atomic E-state index is -0.000741. The normalized spacial score (nSPS) is 25.2. The van der Waals surface area contributed by atoms with Gasteiger partial charge < -0.3 is 0 Å². The largest absolute Gasteiger partial charge is 0.289 e. The van der Waals surface area contributed by atoms with Crippen LogP contribution in [0.25, 0.3) is 0 Å². The van der Waals surface area contributed by atoms with Gasteiger partial charge in [-0.1, -0.05) is 57.0 Å². The lowest BCUT2D eigenvalue weighted by atomic mass is 9.63. The summed E-state index contributed by atoms with van der Waals surface area (Å²) in [6, 6.07) is 8.03. The van der Waals surface area contributed by atoms with Crippen molar-refractivity contribution >= 4 is 5.78 Å². The van der Waals surface area contributed by atoms with E-state index in [4.69, 9.17) is 0 Å². The van der Waals surface area contributed by atoms with Gasteiger partial charge in [0.2, 0.25) is 0 Å². The summed E-state index contributed by atoms with van der Waals surface area (Å²) >= 11 is 0. The van der Waals surface area contributed by atoms with Gasteiger partial charge >= 0.3 is 0 Å². The second kappa shape index (κ2) is 4.14. The molecule has 0 N–H and O–H groups in total. The van der Waals surface area contributed by atoms with E-state index in [1.54, 1.807) is 0 Å². The van der Waals surface area contributed by atoms with E-state index >= 15 is 0 Å². The third kappa shape index (κ3) is 1.65. The predicted octanol–water partition coefficient (Wildman–Crippen LogP) is 4.13. The Labute approximate surface area is 104 Å². The fourth-order valence-electron chi connectivity index (χ4n) is 2.85. The molecule has 90 valence electrons. The Morgan fingerprint density at radius 2 is 1.94 bits per heavy atom. The SMILES string of the molecule is CC[C@@H](C)[C@@]1(C)C(C)=CC(=O)c2ccccc21. The second-order valence-electron chi connectivity index (χ2n) is 5.25. The van der Waals surface area contributed by atoms with Gasteiger partial charge in [-0.2, -0.15) is 0 Å². The fourth-order valence-corrected chi connectivity index (χ4v) is 2.85. The maximum absolute atomic E-state index is 12.0. The monoisotopic (exact) mass is 228 g/mol. The quantitative estimate of drug-likeness (QED) is 0.743. The Kier molecular flexibility index (Phi) is 2.94. The number of fused-ring (bicyclic) bond motifs is 1. The van der Waals surface area contributed by atoms with Gasteiger partial charge in [0.15, 0.2) is 5.78 Å². The van der Waals surface area contributed by atoms with Crippen LogP contribution in [0.2, 0.25) is 0 Å². The second-order valence-corrected chi connectivity index (χ2v) is 5.25. The molecule has 0 saturated heterocycles. The molecular formula is C16H20O. The first-order valence-electron chi connectivity index (χ1n) is 6.34. The van der Waals surface area contributed by atoms with E-state index in [9.17, 15) is 4.79 Å². The van der Waals surface area contributed by atoms with Gasteiger partial charge in [0.25, 0.3) is 0 Å². The highest BCUT2D eigenvalue weighted by atomic mass is 16.1. The standard InChI is InChI=1S/C16H20O/c1-5-11(2)16(4)12(3)10-15(17)13-8-6-7-9-14(13)16/h6-11H,5H2,1-4H3/t11-,16+/m1/s1. The summed E-state index contributed by atoms with van der Waals surface area (Å²) in [5.41, 5.74) is 3.26. The Balaban J connectivity index is 2.67. The molecule has 0 heterocycles. The number of hydrogen-bond acceptors (Lipinski definition) is 1. The Hall–Kier alpha value is -1.37. The minimum Gasteiger partial charge on any atom is -0.289 e. The van der Waals surface area contributed by atoms with Gasteiger partial charge in [0, 0.05) is 11.0 Å². The van der Waals surface area contributed by atoms with Crippen molar-refractivity contribution in [2.75, 3.05) is 0 Å². The molecule has 1 heteroatoms. The summed E-state index contributed by atoms with van der Waals surface area (Å²) < 4.78 is 0. The first-order chi connectivity index (χ1) is 8.01. The van der Waals surface area contributed by atoms with E-state index in [1.165, 1.54) is 11.1 Å². The molecule has 2 rings (SSSR count). The lowest BCUT2D eigenvalue weighted by Gasteiger charge is -2.40. The molecule has 1 aliphatic carbocycles. The summed E-state index contributed by atoms with van der Waals surface area (Å²) in [5.74, 6) is 0.687. The molecular weight excluding hydrogens is 208 g/mol. The van der Waals surface area contributed by atoms with Crippen molar-refractivity contribution < 1.29 is 4.79 Å². The maximum atomic E-state index is 12.0. The fraction of sp³-hybridized carbons (Fsp3) is 0.438. The Bertz CT molecular complexity index is 484. The van der Waals surface area contributed by atoms with Gasteiger partial charge in [-0.25, -0.2) is 0 Å². The van der Waals surface area contributed by atoms with Crippen molar-refractivity contribution in [1.29, 1.82) is 0 Å². The zero-order valence-electron chi connectivity index (χ0n) is 11.1. The van der Waals surface area contributed by atoms with Crippen molar-refractivity contribution in [2.24, 2.45) is 5.92 Å². The number of carbonyl (C=O) groups excluding carboxylic acids is 1. The van der Waals surface area contributed by atoms with Crippen LogP contribution < -0.4 is 0 Å². The number of allylic oxidation sites excluding steroid dienone is 2. The van der Waals surface area contributed by atoms with E-state index in [2.05, 4.69) is 33.8 Å². The first-order valence-corrected chi connectivity index (χ1v) is 6.34. The average molecular weight is 228 g/mol. The van der Waals surface area contributed by atoms with Gasteiger partial charge in [-0.05, 0) is 24.5 Å². The molecule has 1 aliphatic rings. The van der Waals surface area contributed by atoms with Crippen molar-refractivity contribution in [3.8, 4) is 0 Å². The third-order valence-corrected chi connectivity index (χ3v) is 4.52. The summed E-state index contributed by atoms with van der Waals surface area (Å²) in [6.45, 7) is 8.82. The van der Waals surface area contributed by atoms with Gasteiger partial charge in [0.05, 0.1) is 0 Å². The van der Waals surface area contributed by atoms with Crippen LogP contribution in [-0.4, -0.2) is 5.78 Å². The third-order valence-electron chi connectivity index (χ3n) is 4.52. The first kappa shape index (κ1) is 12.1. The molecule has 0 unspecified atom stereocenters. The number of benzene rings is 1. The topological polar surface area (TPSA) is 17.1 Å². The van der Waals surface area contributed by atoms with Crippen molar-refractivity contribution in [2.45, 2.75) is 39.5 Å². The molecule has 0 aromatic heterocycles. The minimum absolute atomic E-state index is 0.000741. The van der Waals surface area contributed by atoms with Crippen LogP contribution in [0.15, 0.2) is 35.9 Å². The van der Waals surface area contributed by atoms with Crippen LogP contribution in [0.4, 0.5) is 0 Å². The van der Waals surface area contributed by atoms with Crippen LogP contribution in [-0.2, 0) is 5.41 Å². The molecule has 0 saturated carbocycles. The molecule has 0 bridgehead atoms. The highest BCUT2D eigenvalue weighted by molar-refractivity contribution is 6.08. The van der Waals surface area contributed by atoms with E-state index in [0.29, 0.717) is 5.92 Å². The molecule has 2 atom stereocenters. The highest BCUT2D eigenvalue weighted by Gasteiger charge is 2.39. The van der Waals surface area contributed by atoms with Crippen LogP contribution in [0.5, 0.6) is 0 Å². The zero-order valence-corrected chi connectivity index (χ0v) is 11.1. The van der Waals surface area contributed by atoms with Gasteiger partial charge in [-0.3, -0.25) is 4.79 Å². The summed E-state index contributed by atoms with van der Waals surface area (Å²) in [5, 5.41) is 0. The van der Waals surface area contributed by atoms with Crippen LogP contribution >= 0.6 is 0 Å². The zero-order chi connectivity index (χ0) is 12.6. The van der Waals surface area contributed by atoms with Crippen molar-refractivity contribution in [1.82, 2.24) is 0 Å².